The van der Waals surface area contributed by atoms with Gasteiger partial charge in [-0.05, 0) is 68.5 Å². The summed E-state index contributed by atoms with van der Waals surface area (Å²) in [5, 5.41) is 18.9. The van der Waals surface area contributed by atoms with E-state index >= 15 is 4.39 Å². The van der Waals surface area contributed by atoms with E-state index in [-0.39, 0.29) is 88.4 Å². The lowest BCUT2D eigenvalue weighted by molar-refractivity contribution is -0.144. The molecule has 5 aromatic rings. The molecule has 3 fully saturated rings. The number of piperazine rings is 2. The van der Waals surface area contributed by atoms with E-state index in [0.717, 1.165) is 33.5 Å². The Morgan fingerprint density at radius 1 is 0.848 bits per heavy atom. The molecule has 0 radical (unpaired) electrons. The second-order valence-electron chi connectivity index (χ2n) is 24.8. The lowest BCUT2D eigenvalue weighted by atomic mass is 9.85. The second-order valence-corrected chi connectivity index (χ2v) is 25.7. The number of carbonyl (C=O) groups is 5. The molecule has 3 aromatic heterocycles. The lowest BCUT2D eigenvalue weighted by Gasteiger charge is -2.44. The number of likely N-dealkylation sites (tertiary alicyclic amines) is 1. The molecule has 0 bridgehead atoms. The van der Waals surface area contributed by atoms with Crippen LogP contribution in [0.1, 0.15) is 85.8 Å². The molecule has 4 aliphatic rings. The highest BCUT2D eigenvalue weighted by Gasteiger charge is 2.45. The van der Waals surface area contributed by atoms with Crippen LogP contribution in [0.3, 0.4) is 0 Å². The Kier molecular flexibility index (Phi) is 22.6. The molecule has 9 rings (SSSR count). The Morgan fingerprint density at radius 2 is 1.52 bits per heavy atom. The van der Waals surface area contributed by atoms with E-state index in [0.29, 0.717) is 88.6 Å². The van der Waals surface area contributed by atoms with Crippen LogP contribution in [0.25, 0.3) is 16.0 Å². The van der Waals surface area contributed by atoms with E-state index in [1.165, 1.54) is 17.0 Å². The summed E-state index contributed by atoms with van der Waals surface area (Å²) in [5.41, 5.74) is 2.87. The van der Waals surface area contributed by atoms with Crippen molar-refractivity contribution < 1.29 is 60.9 Å². The number of ether oxygens (including phenoxy) is 3. The Hall–Kier alpha value is -7.73. The number of benzene rings is 2. The molecule has 496 valence electrons. The van der Waals surface area contributed by atoms with E-state index in [9.17, 15) is 47.0 Å². The molecule has 0 spiro atoms. The largest absolute Gasteiger partial charge is 0.417 e. The summed E-state index contributed by atoms with van der Waals surface area (Å²) in [7, 11) is 1.98. The third-order valence-electron chi connectivity index (χ3n) is 17.1. The predicted octanol–water partition coefficient (Wildman–Crippen LogP) is 5.33. The number of halogens is 4. The van der Waals surface area contributed by atoms with Gasteiger partial charge in [0.2, 0.25) is 35.1 Å². The van der Waals surface area contributed by atoms with E-state index in [4.69, 9.17) is 14.2 Å². The van der Waals surface area contributed by atoms with E-state index < -0.39 is 75.9 Å². The number of hydrogen-bond donors (Lipinski definition) is 5. The van der Waals surface area contributed by atoms with Crippen molar-refractivity contribution in [3.05, 3.63) is 122 Å². The minimum atomic E-state index is -4.99. The van der Waals surface area contributed by atoms with Crippen molar-refractivity contribution in [2.45, 2.75) is 104 Å². The molecule has 0 saturated carbocycles. The maximum absolute atomic E-state index is 16.3. The van der Waals surface area contributed by atoms with Gasteiger partial charge in [-0.1, -0.05) is 51.1 Å². The van der Waals surface area contributed by atoms with Crippen LogP contribution >= 0.6 is 11.3 Å². The number of aromatic nitrogens is 4. The molecular formula is C64H81F4N13O10S. The van der Waals surface area contributed by atoms with Crippen molar-refractivity contribution in [1.29, 1.82) is 0 Å². The number of likely N-dealkylation sites (N-methyl/N-ethyl adjacent to an activating group) is 1. The monoisotopic (exact) mass is 1300 g/mol. The number of aliphatic hydroxyl groups is 1. The number of hydrogen-bond acceptors (Lipinski definition) is 18. The van der Waals surface area contributed by atoms with Crippen molar-refractivity contribution in [2.24, 2.45) is 5.41 Å². The standard InChI is InChI=1S/C64H81F4N13O10S/c1-39-32-80(33-40(2)76(39)7)52-27-50(65)47(25-51(52)74-59(86)48-31-69-54(83)26-49(48)64(66,67)68)44-12-14-79(15-13-44)62-71-29-43(30-72-62)34-77-16-18-78(19-17-77)56(85)37-91-23-21-89-20-22-90-36-55(84)75-58(63(4,5)6)61(88)81-35-46(82)24-53(81)60(87)70-28-42-8-10-45(11-9-42)57-41(3)73-38-92-57/h8-12,25-27,29-31,38-40,46,53,58,82H,13-24,28,32-37H2,1-7H3,(H,69,83)(H,70,87)(H,74,86)(H,75,84)/t39-,40+,46-,53+,58?/m1/s1. The molecule has 1 unspecified atom stereocenters. The van der Waals surface area contributed by atoms with Gasteiger partial charge in [0.05, 0.1) is 71.1 Å². The summed E-state index contributed by atoms with van der Waals surface area (Å²) >= 11 is 1.55. The van der Waals surface area contributed by atoms with Crippen LogP contribution in [0.2, 0.25) is 0 Å². The average Bonchev–Trinajstić information content (AvgIpc) is 0.831. The van der Waals surface area contributed by atoms with Gasteiger partial charge in [-0.15, -0.1) is 11.3 Å². The van der Waals surface area contributed by atoms with Gasteiger partial charge >= 0.3 is 6.18 Å². The number of alkyl halides is 3. The number of nitrogens with zero attached hydrogens (tertiary/aromatic N) is 9. The summed E-state index contributed by atoms with van der Waals surface area (Å²) < 4.78 is 75.1. The second kappa shape index (κ2) is 30.4. The molecule has 92 heavy (non-hydrogen) atoms. The number of carbonyl (C=O) groups excluding carboxylic acids is 5. The van der Waals surface area contributed by atoms with Crippen LogP contribution in [0.4, 0.5) is 34.9 Å². The maximum atomic E-state index is 16.3. The molecular weight excluding hydrogens is 1220 g/mol. The predicted molar refractivity (Wildman–Crippen MR) is 338 cm³/mol. The van der Waals surface area contributed by atoms with Crippen LogP contribution in [0.15, 0.2) is 77.4 Å². The van der Waals surface area contributed by atoms with E-state index in [1.807, 2.05) is 68.0 Å². The van der Waals surface area contributed by atoms with Gasteiger partial charge in [0.15, 0.2) is 0 Å². The third kappa shape index (κ3) is 17.5. The van der Waals surface area contributed by atoms with Crippen molar-refractivity contribution >= 4 is 63.8 Å². The number of nitrogens with one attached hydrogen (secondary N) is 4. The lowest BCUT2D eigenvalue weighted by Crippen LogP contribution is -2.58. The number of rotatable bonds is 23. The topological polar surface area (TPSA) is 260 Å². The summed E-state index contributed by atoms with van der Waals surface area (Å²) in [6, 6.07) is 9.07. The molecule has 5 atom stereocenters. The minimum Gasteiger partial charge on any atom is -0.391 e. The van der Waals surface area contributed by atoms with Gasteiger partial charge in [-0.3, -0.25) is 38.6 Å². The fourth-order valence-corrected chi connectivity index (χ4v) is 12.5. The number of aryl methyl sites for hydroxylation is 1. The maximum Gasteiger partial charge on any atom is 0.417 e. The van der Waals surface area contributed by atoms with Gasteiger partial charge < -0.3 is 59.9 Å². The minimum absolute atomic E-state index is 0.0448. The molecule has 2 aromatic carbocycles. The Labute approximate surface area is 535 Å². The molecule has 5 amide bonds. The summed E-state index contributed by atoms with van der Waals surface area (Å²) in [5.74, 6) is -2.76. The van der Waals surface area contributed by atoms with E-state index in [2.05, 4.69) is 45.7 Å². The Bertz CT molecular complexity index is 3490. The number of amides is 5. The van der Waals surface area contributed by atoms with Crippen molar-refractivity contribution in [3.63, 3.8) is 0 Å². The number of thiazole rings is 1. The molecule has 0 aliphatic carbocycles. The molecule has 5 N–H and O–H groups in total. The molecule has 7 heterocycles. The Balaban J connectivity index is 0.661. The summed E-state index contributed by atoms with van der Waals surface area (Å²) in [6.07, 6.45) is 0.615. The number of H-pyrrole nitrogens is 1. The average molecular weight is 1300 g/mol. The van der Waals surface area contributed by atoms with Crippen LogP contribution in [-0.4, -0.2) is 210 Å². The van der Waals surface area contributed by atoms with Crippen molar-refractivity contribution in [1.82, 2.24) is 50.2 Å². The highest BCUT2D eigenvalue weighted by molar-refractivity contribution is 7.13. The van der Waals surface area contributed by atoms with Crippen molar-refractivity contribution in [3.8, 4) is 10.4 Å². The summed E-state index contributed by atoms with van der Waals surface area (Å²) in [6.45, 7) is 16.1. The van der Waals surface area contributed by atoms with Crippen molar-refractivity contribution in [2.75, 3.05) is 121 Å². The smallest absolute Gasteiger partial charge is 0.391 e. The number of aliphatic hydroxyl groups excluding tert-OH is 1. The zero-order valence-electron chi connectivity index (χ0n) is 52.8. The normalized spacial score (nSPS) is 19.6. The van der Waals surface area contributed by atoms with Gasteiger partial charge in [-0.25, -0.2) is 19.3 Å². The quantitative estimate of drug-likeness (QED) is 0.0409. The fourth-order valence-electron chi connectivity index (χ4n) is 11.7. The third-order valence-corrected chi connectivity index (χ3v) is 18.1. The molecule has 3 saturated heterocycles. The SMILES string of the molecule is Cc1ncsc1-c1ccc(CNC(=O)[C@@H]2C[C@@H](O)CN2C(=O)C(NC(=O)COCCOCCOCC(=O)N2CCN(Cc3cnc(N4CC=C(c5cc(NC(=O)c6c[nH]c(=O)cc6C(F)(F)F)c(N6C[C@@H](C)N(C)[C@@H](C)C6)cc5F)CC4)nc3)CC2)C(C)(C)C)cc1. The highest BCUT2D eigenvalue weighted by atomic mass is 32.1. The van der Waals surface area contributed by atoms with Gasteiger partial charge in [-0.2, -0.15) is 13.2 Å². The van der Waals surface area contributed by atoms with Crippen LogP contribution in [-0.2, 0) is 52.7 Å². The Morgan fingerprint density at radius 3 is 2.15 bits per heavy atom. The fraction of sp³-hybridized carbons (Fsp3) is 0.516. The van der Waals surface area contributed by atoms with Gasteiger partial charge in [0.25, 0.3) is 5.91 Å². The number of pyridine rings is 1. The van der Waals surface area contributed by atoms with Gasteiger partial charge in [0.1, 0.15) is 31.1 Å². The molecule has 4 aliphatic heterocycles. The number of β-amino-alcohol motifs (C(OH)–C–C–N with tert-alkyl or cyclic N) is 1. The van der Waals surface area contributed by atoms with Gasteiger partial charge in [0, 0.05) is 126 Å². The first kappa shape index (κ1) is 68.6. The van der Waals surface area contributed by atoms with Crippen LogP contribution in [0.5, 0.6) is 0 Å². The first-order valence-corrected chi connectivity index (χ1v) is 31.6. The first-order chi connectivity index (χ1) is 43.8. The number of anilines is 3. The molecule has 28 heteroatoms. The summed E-state index contributed by atoms with van der Waals surface area (Å²) in [4.78, 5) is 107. The highest BCUT2D eigenvalue weighted by Crippen LogP contribution is 2.38. The van der Waals surface area contributed by atoms with Crippen LogP contribution in [0, 0.1) is 18.2 Å². The van der Waals surface area contributed by atoms with E-state index in [1.54, 1.807) is 54.9 Å². The van der Waals surface area contributed by atoms with Crippen LogP contribution < -0.4 is 31.3 Å². The zero-order valence-corrected chi connectivity index (χ0v) is 53.6. The number of aromatic amines is 1. The molecule has 23 nitrogen and oxygen atoms in total. The first-order valence-electron chi connectivity index (χ1n) is 30.8. The zero-order chi connectivity index (χ0) is 66.0.